The van der Waals surface area contributed by atoms with E-state index in [1.54, 1.807) is 25.2 Å². The maximum atomic E-state index is 13.2. The Kier molecular flexibility index (Phi) is 6.79. The van der Waals surface area contributed by atoms with E-state index >= 15 is 0 Å². The smallest absolute Gasteiger partial charge is 0.266 e. The molecular formula is C24H20BrClN2O3S. The van der Waals surface area contributed by atoms with Crippen LogP contribution in [-0.4, -0.2) is 36.7 Å². The largest absolute Gasteiger partial charge is 0.497 e. The number of fused-ring (bicyclic) bond motifs is 1. The zero-order valence-corrected chi connectivity index (χ0v) is 20.8. The van der Waals surface area contributed by atoms with Crippen molar-refractivity contribution in [1.29, 1.82) is 0 Å². The van der Waals surface area contributed by atoms with Gasteiger partial charge in [-0.2, -0.15) is 0 Å². The van der Waals surface area contributed by atoms with Gasteiger partial charge in [0, 0.05) is 16.6 Å². The highest BCUT2D eigenvalue weighted by molar-refractivity contribution is 9.10. The number of benzene rings is 3. The first kappa shape index (κ1) is 22.7. The third-order valence-corrected chi connectivity index (χ3v) is 7.30. The minimum atomic E-state index is -0.0959. The molecule has 32 heavy (non-hydrogen) atoms. The number of ether oxygens (including phenoxy) is 2. The van der Waals surface area contributed by atoms with Crippen LogP contribution in [0.5, 0.6) is 11.5 Å². The molecule has 1 saturated heterocycles. The molecule has 0 unspecified atom stereocenters. The van der Waals surface area contributed by atoms with Gasteiger partial charge in [0.05, 0.1) is 29.8 Å². The number of likely N-dealkylation sites (N-methyl/N-ethyl adjacent to an activating group) is 1. The van der Waals surface area contributed by atoms with Crippen molar-refractivity contribution in [2.45, 2.75) is 6.92 Å². The molecule has 1 amide bonds. The first-order chi connectivity index (χ1) is 15.4. The molecule has 0 atom stereocenters. The minimum absolute atomic E-state index is 0.0959. The van der Waals surface area contributed by atoms with Gasteiger partial charge < -0.3 is 9.47 Å². The summed E-state index contributed by atoms with van der Waals surface area (Å²) in [5, 5.41) is 3.14. The molecule has 5 nitrogen and oxygen atoms in total. The average Bonchev–Trinajstić information content (AvgIpc) is 3.09. The quantitative estimate of drug-likeness (QED) is 0.336. The molecule has 0 spiro atoms. The summed E-state index contributed by atoms with van der Waals surface area (Å²) < 4.78 is 11.8. The van der Waals surface area contributed by atoms with Crippen molar-refractivity contribution in [2.75, 3.05) is 20.8 Å². The second kappa shape index (κ2) is 9.57. The Labute approximate surface area is 204 Å². The van der Waals surface area contributed by atoms with Gasteiger partial charge in [0.2, 0.25) is 0 Å². The topological polar surface area (TPSA) is 51.1 Å². The van der Waals surface area contributed by atoms with Gasteiger partial charge in [0.1, 0.15) is 11.5 Å². The molecule has 4 rings (SSSR count). The van der Waals surface area contributed by atoms with Gasteiger partial charge in [0.15, 0.2) is 5.17 Å². The minimum Gasteiger partial charge on any atom is -0.497 e. The Hall–Kier alpha value is -2.48. The van der Waals surface area contributed by atoms with Crippen LogP contribution in [0.3, 0.4) is 0 Å². The van der Waals surface area contributed by atoms with Crippen molar-refractivity contribution in [3.63, 3.8) is 0 Å². The number of hydrogen-bond acceptors (Lipinski definition) is 5. The van der Waals surface area contributed by atoms with Gasteiger partial charge in [0.25, 0.3) is 5.91 Å². The number of rotatable bonds is 5. The molecule has 0 radical (unpaired) electrons. The first-order valence-corrected chi connectivity index (χ1v) is 11.8. The van der Waals surface area contributed by atoms with Crippen molar-refractivity contribution < 1.29 is 14.3 Å². The lowest BCUT2D eigenvalue weighted by molar-refractivity contribution is -0.122. The number of halogens is 2. The number of methoxy groups -OCH3 is 2. The van der Waals surface area contributed by atoms with E-state index in [0.717, 1.165) is 26.6 Å². The summed E-state index contributed by atoms with van der Waals surface area (Å²) >= 11 is 10.9. The number of amides is 1. The lowest BCUT2D eigenvalue weighted by atomic mass is 10.0. The van der Waals surface area contributed by atoms with Crippen LogP contribution in [0.25, 0.3) is 16.8 Å². The summed E-state index contributed by atoms with van der Waals surface area (Å²) in [5.74, 6) is 1.32. The van der Waals surface area contributed by atoms with E-state index in [9.17, 15) is 4.79 Å². The molecule has 0 bridgehead atoms. The first-order valence-electron chi connectivity index (χ1n) is 9.85. The van der Waals surface area contributed by atoms with Gasteiger partial charge in [-0.1, -0.05) is 23.7 Å². The molecule has 1 heterocycles. The predicted molar refractivity (Wildman–Crippen MR) is 136 cm³/mol. The van der Waals surface area contributed by atoms with Crippen LogP contribution in [0.2, 0.25) is 5.02 Å². The molecule has 1 fully saturated rings. The molecule has 8 heteroatoms. The van der Waals surface area contributed by atoms with Gasteiger partial charge >= 0.3 is 0 Å². The zero-order valence-electron chi connectivity index (χ0n) is 17.7. The van der Waals surface area contributed by atoms with Crippen LogP contribution in [0.1, 0.15) is 12.5 Å². The number of hydrogen-bond donors (Lipinski definition) is 0. The summed E-state index contributed by atoms with van der Waals surface area (Å²) in [5.41, 5.74) is 1.50. The Morgan fingerprint density at radius 1 is 1.12 bits per heavy atom. The van der Waals surface area contributed by atoms with E-state index in [4.69, 9.17) is 21.1 Å². The summed E-state index contributed by atoms with van der Waals surface area (Å²) in [4.78, 5) is 20.1. The van der Waals surface area contributed by atoms with Gasteiger partial charge in [-0.05, 0) is 87.9 Å². The van der Waals surface area contributed by atoms with Gasteiger partial charge in [-0.15, -0.1) is 0 Å². The molecule has 3 aromatic carbocycles. The van der Waals surface area contributed by atoms with E-state index in [2.05, 4.69) is 20.9 Å². The third kappa shape index (κ3) is 4.37. The summed E-state index contributed by atoms with van der Waals surface area (Å²) in [6, 6.07) is 15.2. The number of nitrogens with zero attached hydrogens (tertiary/aromatic N) is 2. The van der Waals surface area contributed by atoms with Crippen LogP contribution in [0, 0.1) is 0 Å². The SMILES string of the molecule is CCN1C(=O)/C(=C/c2c(OC)ccc3ccc(OC)cc23)SC1=Nc1ccc(Br)c(Cl)c1. The fraction of sp³-hybridized carbons (Fsp3) is 0.167. The van der Waals surface area contributed by atoms with Gasteiger partial charge in [-0.3, -0.25) is 9.69 Å². The molecular weight excluding hydrogens is 512 g/mol. The molecule has 0 N–H and O–H groups in total. The maximum Gasteiger partial charge on any atom is 0.266 e. The van der Waals surface area contributed by atoms with E-state index < -0.39 is 0 Å². The van der Waals surface area contributed by atoms with Crippen molar-refractivity contribution in [3.05, 3.63) is 68.5 Å². The molecule has 0 saturated carbocycles. The van der Waals surface area contributed by atoms with Crippen molar-refractivity contribution in [2.24, 2.45) is 4.99 Å². The molecule has 0 aromatic heterocycles. The second-order valence-corrected chi connectivity index (χ2v) is 9.19. The van der Waals surface area contributed by atoms with Gasteiger partial charge in [-0.25, -0.2) is 4.99 Å². The van der Waals surface area contributed by atoms with Crippen molar-refractivity contribution >= 4 is 72.9 Å². The second-order valence-electron chi connectivity index (χ2n) is 6.92. The number of amidine groups is 1. The van der Waals surface area contributed by atoms with Crippen LogP contribution < -0.4 is 9.47 Å². The molecule has 0 aliphatic carbocycles. The zero-order chi connectivity index (χ0) is 22.8. The number of carbonyl (C=O) groups excluding carboxylic acids is 1. The lowest BCUT2D eigenvalue weighted by Gasteiger charge is -2.12. The summed E-state index contributed by atoms with van der Waals surface area (Å²) in [6.07, 6.45) is 1.87. The normalized spacial score (nSPS) is 16.4. The molecule has 1 aliphatic rings. The van der Waals surface area contributed by atoms with E-state index in [-0.39, 0.29) is 5.91 Å². The molecule has 1 aliphatic heterocycles. The van der Waals surface area contributed by atoms with Crippen LogP contribution >= 0.6 is 39.3 Å². The highest BCUT2D eigenvalue weighted by atomic mass is 79.9. The average molecular weight is 532 g/mol. The fourth-order valence-electron chi connectivity index (χ4n) is 3.42. The van der Waals surface area contributed by atoms with E-state index in [1.807, 2.05) is 55.5 Å². The standard InChI is InChI=1S/C24H20BrClN2O3S/c1-4-28-23(29)22(32-24(28)27-15-7-9-19(25)20(26)11-15)13-18-17-12-16(30-2)8-5-14(17)6-10-21(18)31-3/h5-13H,4H2,1-3H3/b22-13-,27-24?. The lowest BCUT2D eigenvalue weighted by Crippen LogP contribution is -2.28. The van der Waals surface area contributed by atoms with Crippen LogP contribution in [-0.2, 0) is 4.79 Å². The monoisotopic (exact) mass is 530 g/mol. The van der Waals surface area contributed by atoms with E-state index in [0.29, 0.717) is 33.1 Å². The summed E-state index contributed by atoms with van der Waals surface area (Å²) in [6.45, 7) is 2.43. The Morgan fingerprint density at radius 3 is 2.59 bits per heavy atom. The maximum absolute atomic E-state index is 13.2. The molecule has 164 valence electrons. The predicted octanol–water partition coefficient (Wildman–Crippen LogP) is 6.90. The Bertz CT molecular complexity index is 1270. The van der Waals surface area contributed by atoms with Crippen LogP contribution in [0.15, 0.2) is 62.9 Å². The number of aliphatic imine (C=N–C) groups is 1. The molecule has 3 aromatic rings. The van der Waals surface area contributed by atoms with Crippen LogP contribution in [0.4, 0.5) is 5.69 Å². The van der Waals surface area contributed by atoms with Crippen molar-refractivity contribution in [3.8, 4) is 11.5 Å². The van der Waals surface area contributed by atoms with Crippen molar-refractivity contribution in [1.82, 2.24) is 4.90 Å². The summed E-state index contributed by atoms with van der Waals surface area (Å²) in [7, 11) is 3.25. The Balaban J connectivity index is 1.80. The fourth-order valence-corrected chi connectivity index (χ4v) is 4.89. The number of carbonyl (C=O) groups is 1. The highest BCUT2D eigenvalue weighted by Gasteiger charge is 2.32. The number of thioether (sulfide) groups is 1. The Morgan fingerprint density at radius 2 is 1.91 bits per heavy atom. The van der Waals surface area contributed by atoms with E-state index in [1.165, 1.54) is 11.8 Å². The highest BCUT2D eigenvalue weighted by Crippen LogP contribution is 2.39. The third-order valence-electron chi connectivity index (χ3n) is 5.06.